The average Bonchev–Trinajstić information content (AvgIpc) is 2.44. The number of carbonyl (C=O) groups excluding carboxylic acids is 1. The largest absolute Gasteiger partial charge is 0.461 e. The van der Waals surface area contributed by atoms with Gasteiger partial charge in [0, 0.05) is 6.42 Å². The third kappa shape index (κ3) is 5.12. The summed E-state index contributed by atoms with van der Waals surface area (Å²) in [5, 5.41) is 9.23. The molecule has 1 heterocycles. The van der Waals surface area contributed by atoms with Crippen LogP contribution in [-0.2, 0) is 25.6 Å². The quantitative estimate of drug-likeness (QED) is 0.842. The van der Waals surface area contributed by atoms with Crippen molar-refractivity contribution >= 4 is 5.97 Å². The maximum atomic E-state index is 11.9. The maximum Gasteiger partial charge on any atom is 0.308 e. The van der Waals surface area contributed by atoms with Crippen LogP contribution in [0.4, 0.5) is 0 Å². The van der Waals surface area contributed by atoms with Gasteiger partial charge in [0.25, 0.3) is 0 Å². The summed E-state index contributed by atoms with van der Waals surface area (Å²) < 4.78 is 16.5. The van der Waals surface area contributed by atoms with Gasteiger partial charge in [-0.25, -0.2) is 0 Å². The van der Waals surface area contributed by atoms with E-state index in [1.54, 1.807) is 13.8 Å². The lowest BCUT2D eigenvalue weighted by Crippen LogP contribution is -2.46. The van der Waals surface area contributed by atoms with E-state index in [0.29, 0.717) is 6.42 Å². The third-order valence-electron chi connectivity index (χ3n) is 3.27. The van der Waals surface area contributed by atoms with Crippen molar-refractivity contribution in [3.8, 4) is 0 Å². The first-order valence-electron chi connectivity index (χ1n) is 7.14. The Balaban J connectivity index is 1.81. The molecule has 1 aliphatic heterocycles. The van der Waals surface area contributed by atoms with Crippen LogP contribution in [0.25, 0.3) is 0 Å². The monoisotopic (exact) mass is 294 g/mol. The zero-order valence-corrected chi connectivity index (χ0v) is 12.5. The molecule has 0 unspecified atom stereocenters. The number of benzene rings is 1. The molecule has 2 atom stereocenters. The van der Waals surface area contributed by atoms with E-state index < -0.39 is 5.79 Å². The molecule has 1 N–H and O–H groups in total. The number of hydrogen-bond donors (Lipinski definition) is 1. The fourth-order valence-electron chi connectivity index (χ4n) is 2.44. The normalized spacial score (nSPS) is 24.5. The fraction of sp³-hybridized carbons (Fsp3) is 0.562. The highest BCUT2D eigenvalue weighted by Gasteiger charge is 2.36. The summed E-state index contributed by atoms with van der Waals surface area (Å²) in [5.74, 6) is -1.10. The first-order chi connectivity index (χ1) is 9.98. The van der Waals surface area contributed by atoms with Crippen molar-refractivity contribution < 1.29 is 24.1 Å². The molecule has 1 aromatic rings. The molecule has 0 spiro atoms. The molecule has 1 saturated heterocycles. The number of aliphatic hydroxyl groups excluding tert-OH is 1. The Morgan fingerprint density at radius 1 is 1.29 bits per heavy atom. The van der Waals surface area contributed by atoms with Gasteiger partial charge < -0.3 is 19.3 Å². The van der Waals surface area contributed by atoms with E-state index in [-0.39, 0.29) is 37.8 Å². The molecule has 116 valence electrons. The molecule has 0 bridgehead atoms. The van der Waals surface area contributed by atoms with Crippen LogP contribution in [0.3, 0.4) is 0 Å². The Bertz CT molecular complexity index is 457. The van der Waals surface area contributed by atoms with Gasteiger partial charge in [-0.2, -0.15) is 0 Å². The minimum absolute atomic E-state index is 0.0810. The summed E-state index contributed by atoms with van der Waals surface area (Å²) in [6.07, 6.45) is 0.0473. The molecule has 1 fully saturated rings. The highest BCUT2D eigenvalue weighted by Crippen LogP contribution is 2.28. The summed E-state index contributed by atoms with van der Waals surface area (Å²) in [5.41, 5.74) is 0.951. The topological polar surface area (TPSA) is 65.0 Å². The van der Waals surface area contributed by atoms with Gasteiger partial charge in [0.2, 0.25) is 0 Å². The van der Waals surface area contributed by atoms with Gasteiger partial charge in [-0.15, -0.1) is 0 Å². The van der Waals surface area contributed by atoms with Crippen LogP contribution in [-0.4, -0.2) is 35.7 Å². The molecule has 0 saturated carbocycles. The van der Waals surface area contributed by atoms with Crippen LogP contribution in [0.15, 0.2) is 30.3 Å². The number of carbonyl (C=O) groups is 1. The first-order valence-corrected chi connectivity index (χ1v) is 7.14. The molecular weight excluding hydrogens is 272 g/mol. The van der Waals surface area contributed by atoms with Crippen LogP contribution in [0.2, 0.25) is 0 Å². The van der Waals surface area contributed by atoms with Crippen molar-refractivity contribution in [2.45, 2.75) is 51.3 Å². The van der Waals surface area contributed by atoms with Crippen molar-refractivity contribution in [3.05, 3.63) is 35.9 Å². The van der Waals surface area contributed by atoms with Crippen LogP contribution in [0.1, 0.15) is 32.3 Å². The lowest BCUT2D eigenvalue weighted by Gasteiger charge is -2.39. The number of hydrogen-bond acceptors (Lipinski definition) is 5. The number of aliphatic hydroxyl groups is 1. The molecule has 2 rings (SSSR count). The van der Waals surface area contributed by atoms with Crippen molar-refractivity contribution in [2.75, 3.05) is 6.61 Å². The molecule has 21 heavy (non-hydrogen) atoms. The minimum atomic E-state index is -0.796. The minimum Gasteiger partial charge on any atom is -0.461 e. The van der Waals surface area contributed by atoms with E-state index in [4.69, 9.17) is 14.2 Å². The second-order valence-corrected chi connectivity index (χ2v) is 5.65. The summed E-state index contributed by atoms with van der Waals surface area (Å²) in [6.45, 7) is 3.73. The van der Waals surface area contributed by atoms with Gasteiger partial charge in [-0.3, -0.25) is 4.79 Å². The maximum absolute atomic E-state index is 11.9. The molecule has 0 aliphatic carbocycles. The standard InChI is InChI=1S/C16H22O5/c1-16(2)20-13(8-14(10-17)21-16)9-15(18)19-11-12-6-4-3-5-7-12/h3-7,13-14,17H,8-11H2,1-2H3/t13-,14+/m1/s1. The van der Waals surface area contributed by atoms with Crippen molar-refractivity contribution in [3.63, 3.8) is 0 Å². The van der Waals surface area contributed by atoms with Crippen LogP contribution in [0, 0.1) is 0 Å². The molecule has 1 aromatic carbocycles. The van der Waals surface area contributed by atoms with Gasteiger partial charge in [-0.05, 0) is 19.4 Å². The first kappa shape index (κ1) is 15.9. The highest BCUT2D eigenvalue weighted by atomic mass is 16.7. The van der Waals surface area contributed by atoms with Gasteiger partial charge in [0.15, 0.2) is 5.79 Å². The summed E-state index contributed by atoms with van der Waals surface area (Å²) >= 11 is 0. The second kappa shape index (κ2) is 7.02. The van der Waals surface area contributed by atoms with Gasteiger partial charge in [0.1, 0.15) is 6.61 Å². The summed E-state index contributed by atoms with van der Waals surface area (Å²) in [6, 6.07) is 9.53. The number of esters is 1. The van der Waals surface area contributed by atoms with E-state index >= 15 is 0 Å². The van der Waals surface area contributed by atoms with Gasteiger partial charge in [0.05, 0.1) is 25.2 Å². The van der Waals surface area contributed by atoms with E-state index in [1.165, 1.54) is 0 Å². The fourth-order valence-corrected chi connectivity index (χ4v) is 2.44. The molecule has 5 nitrogen and oxygen atoms in total. The SMILES string of the molecule is CC1(C)O[C@H](CO)C[C@H](CC(=O)OCc2ccccc2)O1. The Kier molecular flexibility index (Phi) is 5.33. The van der Waals surface area contributed by atoms with Crippen LogP contribution < -0.4 is 0 Å². The smallest absolute Gasteiger partial charge is 0.308 e. The summed E-state index contributed by atoms with van der Waals surface area (Å²) in [7, 11) is 0. The van der Waals surface area contributed by atoms with Crippen molar-refractivity contribution in [1.29, 1.82) is 0 Å². The number of ether oxygens (including phenoxy) is 3. The van der Waals surface area contributed by atoms with Crippen LogP contribution >= 0.6 is 0 Å². The van der Waals surface area contributed by atoms with E-state index in [1.807, 2.05) is 30.3 Å². The average molecular weight is 294 g/mol. The Morgan fingerprint density at radius 2 is 1.95 bits per heavy atom. The van der Waals surface area contributed by atoms with Gasteiger partial charge >= 0.3 is 5.97 Å². The van der Waals surface area contributed by atoms with Crippen molar-refractivity contribution in [1.82, 2.24) is 0 Å². The second-order valence-electron chi connectivity index (χ2n) is 5.65. The van der Waals surface area contributed by atoms with Crippen molar-refractivity contribution in [2.24, 2.45) is 0 Å². The Labute approximate surface area is 124 Å². The molecule has 0 radical (unpaired) electrons. The molecule has 5 heteroatoms. The molecule has 0 aromatic heterocycles. The highest BCUT2D eigenvalue weighted by molar-refractivity contribution is 5.70. The van der Waals surface area contributed by atoms with E-state index in [2.05, 4.69) is 0 Å². The van der Waals surface area contributed by atoms with Gasteiger partial charge in [-0.1, -0.05) is 30.3 Å². The van der Waals surface area contributed by atoms with Crippen LogP contribution in [0.5, 0.6) is 0 Å². The lowest BCUT2D eigenvalue weighted by atomic mass is 10.1. The van der Waals surface area contributed by atoms with E-state index in [9.17, 15) is 9.90 Å². The Morgan fingerprint density at radius 3 is 2.62 bits per heavy atom. The lowest BCUT2D eigenvalue weighted by molar-refractivity contribution is -0.304. The predicted molar refractivity (Wildman–Crippen MR) is 76.4 cm³/mol. The zero-order valence-electron chi connectivity index (χ0n) is 12.5. The third-order valence-corrected chi connectivity index (χ3v) is 3.27. The predicted octanol–water partition coefficient (Wildman–Crippen LogP) is 2.02. The molecule has 0 amide bonds. The summed E-state index contributed by atoms with van der Waals surface area (Å²) in [4.78, 5) is 11.9. The van der Waals surface area contributed by atoms with E-state index in [0.717, 1.165) is 5.56 Å². The molecule has 1 aliphatic rings. The molecular formula is C16H22O5. The zero-order chi connectivity index (χ0) is 15.3. The Hall–Kier alpha value is -1.43. The number of rotatable bonds is 5.